The predicted octanol–water partition coefficient (Wildman–Crippen LogP) is 0.496. The van der Waals surface area contributed by atoms with Crippen molar-refractivity contribution in [2.45, 2.75) is 13.8 Å². The highest BCUT2D eigenvalue weighted by Crippen LogP contribution is 1.84. The van der Waals surface area contributed by atoms with Crippen LogP contribution in [0.4, 0.5) is 0 Å². The number of methoxy groups -OCH3 is 1. The molecule has 0 saturated heterocycles. The summed E-state index contributed by atoms with van der Waals surface area (Å²) >= 11 is 0. The van der Waals surface area contributed by atoms with Crippen LogP contribution >= 0.6 is 0 Å². The quantitative estimate of drug-likeness (QED) is 0.524. The molecule has 0 aliphatic rings. The lowest BCUT2D eigenvalue weighted by Gasteiger charge is -2.19. The third kappa shape index (κ3) is 9.09. The number of likely N-dealkylation sites (N-methyl/N-ethyl adjacent to an activating group) is 2. The molecule has 98 valence electrons. The maximum absolute atomic E-state index is 5.03. The standard InChI is InChI=1S/C12H29N3O/c1-5-15(6-2)10-8-13-7-9-14(3)11-12-16-4/h13H,5-12H2,1-4H3. The van der Waals surface area contributed by atoms with Crippen LogP contribution in [-0.2, 0) is 4.74 Å². The Hall–Kier alpha value is -0.160. The van der Waals surface area contributed by atoms with Gasteiger partial charge in [0.1, 0.15) is 0 Å². The molecule has 0 aromatic rings. The van der Waals surface area contributed by atoms with Gasteiger partial charge >= 0.3 is 0 Å². The van der Waals surface area contributed by atoms with E-state index in [2.05, 4.69) is 36.0 Å². The van der Waals surface area contributed by atoms with Crippen LogP contribution in [0.5, 0.6) is 0 Å². The highest BCUT2D eigenvalue weighted by Gasteiger charge is 1.99. The normalized spacial score (nSPS) is 11.6. The number of hydrogen-bond donors (Lipinski definition) is 1. The minimum atomic E-state index is 0.815. The second-order valence-electron chi connectivity index (χ2n) is 4.07. The molecule has 0 bridgehead atoms. The van der Waals surface area contributed by atoms with Gasteiger partial charge in [0.25, 0.3) is 0 Å². The lowest BCUT2D eigenvalue weighted by atomic mass is 10.4. The molecule has 1 N–H and O–H groups in total. The summed E-state index contributed by atoms with van der Waals surface area (Å²) in [6.07, 6.45) is 0. The van der Waals surface area contributed by atoms with Gasteiger partial charge < -0.3 is 19.9 Å². The van der Waals surface area contributed by atoms with Crippen LogP contribution in [0, 0.1) is 0 Å². The second kappa shape index (κ2) is 11.3. The van der Waals surface area contributed by atoms with Crippen molar-refractivity contribution in [3.8, 4) is 0 Å². The van der Waals surface area contributed by atoms with E-state index >= 15 is 0 Å². The fraction of sp³-hybridized carbons (Fsp3) is 1.00. The van der Waals surface area contributed by atoms with Crippen molar-refractivity contribution < 1.29 is 4.74 Å². The lowest BCUT2D eigenvalue weighted by molar-refractivity contribution is 0.161. The number of nitrogens with zero attached hydrogens (tertiary/aromatic N) is 2. The fourth-order valence-electron chi connectivity index (χ4n) is 1.53. The van der Waals surface area contributed by atoms with E-state index in [-0.39, 0.29) is 0 Å². The summed E-state index contributed by atoms with van der Waals surface area (Å²) in [4.78, 5) is 4.72. The zero-order valence-corrected chi connectivity index (χ0v) is 11.5. The average Bonchev–Trinajstić information content (AvgIpc) is 2.31. The monoisotopic (exact) mass is 231 g/mol. The third-order valence-corrected chi connectivity index (χ3v) is 2.85. The van der Waals surface area contributed by atoms with Crippen molar-refractivity contribution >= 4 is 0 Å². The van der Waals surface area contributed by atoms with Gasteiger partial charge in [0.2, 0.25) is 0 Å². The topological polar surface area (TPSA) is 27.7 Å². The molecule has 0 saturated carbocycles. The molecule has 0 aromatic carbocycles. The highest BCUT2D eigenvalue weighted by atomic mass is 16.5. The minimum absolute atomic E-state index is 0.815. The largest absolute Gasteiger partial charge is 0.383 e. The first-order chi connectivity index (χ1) is 7.74. The SMILES string of the molecule is CCN(CC)CCNCCN(C)CCOC. The fourth-order valence-corrected chi connectivity index (χ4v) is 1.53. The Labute approximate surface area is 101 Å². The van der Waals surface area contributed by atoms with Crippen LogP contribution in [0.15, 0.2) is 0 Å². The first-order valence-electron chi connectivity index (χ1n) is 6.35. The molecule has 0 radical (unpaired) electrons. The van der Waals surface area contributed by atoms with Gasteiger partial charge in [-0.15, -0.1) is 0 Å². The maximum atomic E-state index is 5.03. The van der Waals surface area contributed by atoms with Crippen molar-refractivity contribution in [2.24, 2.45) is 0 Å². The molecule has 0 aliphatic carbocycles. The highest BCUT2D eigenvalue weighted by molar-refractivity contribution is 4.58. The second-order valence-corrected chi connectivity index (χ2v) is 4.07. The number of hydrogen-bond acceptors (Lipinski definition) is 4. The lowest BCUT2D eigenvalue weighted by Crippen LogP contribution is -2.36. The first kappa shape index (κ1) is 15.8. The Balaban J connectivity index is 3.25. The van der Waals surface area contributed by atoms with Crippen LogP contribution < -0.4 is 5.32 Å². The van der Waals surface area contributed by atoms with E-state index in [4.69, 9.17) is 4.74 Å². The Kier molecular flexibility index (Phi) is 11.2. The summed E-state index contributed by atoms with van der Waals surface area (Å²) in [5.41, 5.74) is 0. The van der Waals surface area contributed by atoms with Crippen molar-refractivity contribution in [2.75, 3.05) is 66.6 Å². The van der Waals surface area contributed by atoms with Crippen molar-refractivity contribution in [1.29, 1.82) is 0 Å². The molecule has 0 rings (SSSR count). The molecule has 0 aromatic heterocycles. The molecular formula is C12H29N3O. The molecular weight excluding hydrogens is 202 g/mol. The number of ether oxygens (including phenoxy) is 1. The van der Waals surface area contributed by atoms with E-state index in [1.54, 1.807) is 7.11 Å². The summed E-state index contributed by atoms with van der Waals surface area (Å²) in [5.74, 6) is 0. The zero-order valence-electron chi connectivity index (χ0n) is 11.5. The number of nitrogens with one attached hydrogen (secondary N) is 1. The Bertz CT molecular complexity index is 140. The van der Waals surface area contributed by atoms with Crippen LogP contribution in [0.3, 0.4) is 0 Å². The molecule has 4 heteroatoms. The third-order valence-electron chi connectivity index (χ3n) is 2.85. The van der Waals surface area contributed by atoms with E-state index in [0.29, 0.717) is 0 Å². The molecule has 0 atom stereocenters. The summed E-state index contributed by atoms with van der Waals surface area (Å²) in [6.45, 7) is 12.9. The molecule has 0 spiro atoms. The molecule has 0 unspecified atom stereocenters. The van der Waals surface area contributed by atoms with Crippen molar-refractivity contribution in [3.05, 3.63) is 0 Å². The summed E-state index contributed by atoms with van der Waals surface area (Å²) in [5, 5.41) is 3.47. The molecule has 0 fully saturated rings. The van der Waals surface area contributed by atoms with E-state index < -0.39 is 0 Å². The Morgan fingerprint density at radius 2 is 1.62 bits per heavy atom. The van der Waals surface area contributed by atoms with E-state index in [0.717, 1.165) is 52.4 Å². The predicted molar refractivity (Wildman–Crippen MR) is 70.0 cm³/mol. The smallest absolute Gasteiger partial charge is 0.0589 e. The van der Waals surface area contributed by atoms with Gasteiger partial charge in [0.05, 0.1) is 6.61 Å². The van der Waals surface area contributed by atoms with Crippen LogP contribution in [-0.4, -0.2) is 76.4 Å². The van der Waals surface area contributed by atoms with Crippen molar-refractivity contribution in [3.63, 3.8) is 0 Å². The van der Waals surface area contributed by atoms with Gasteiger partial charge in [0.15, 0.2) is 0 Å². The van der Waals surface area contributed by atoms with Gasteiger partial charge in [-0.25, -0.2) is 0 Å². The average molecular weight is 231 g/mol. The van der Waals surface area contributed by atoms with Crippen LogP contribution in [0.2, 0.25) is 0 Å². The van der Waals surface area contributed by atoms with Gasteiger partial charge in [-0.1, -0.05) is 13.8 Å². The van der Waals surface area contributed by atoms with Crippen LogP contribution in [0.1, 0.15) is 13.8 Å². The zero-order chi connectivity index (χ0) is 12.2. The number of rotatable bonds is 11. The molecule has 0 heterocycles. The molecule has 4 nitrogen and oxygen atoms in total. The van der Waals surface area contributed by atoms with Gasteiger partial charge in [0, 0.05) is 39.8 Å². The summed E-state index contributed by atoms with van der Waals surface area (Å²) < 4.78 is 5.03. The molecule has 0 amide bonds. The summed E-state index contributed by atoms with van der Waals surface area (Å²) in [6, 6.07) is 0. The summed E-state index contributed by atoms with van der Waals surface area (Å²) in [7, 11) is 3.88. The minimum Gasteiger partial charge on any atom is -0.383 e. The molecule has 0 aliphatic heterocycles. The van der Waals surface area contributed by atoms with Gasteiger partial charge in [-0.05, 0) is 20.1 Å². The van der Waals surface area contributed by atoms with Gasteiger partial charge in [-0.2, -0.15) is 0 Å². The van der Waals surface area contributed by atoms with Crippen LogP contribution in [0.25, 0.3) is 0 Å². The first-order valence-corrected chi connectivity index (χ1v) is 6.35. The van der Waals surface area contributed by atoms with E-state index in [1.807, 2.05) is 0 Å². The van der Waals surface area contributed by atoms with E-state index in [9.17, 15) is 0 Å². The Morgan fingerprint density at radius 1 is 1.00 bits per heavy atom. The van der Waals surface area contributed by atoms with Gasteiger partial charge in [-0.3, -0.25) is 0 Å². The van der Waals surface area contributed by atoms with E-state index in [1.165, 1.54) is 0 Å². The maximum Gasteiger partial charge on any atom is 0.0589 e. The molecule has 16 heavy (non-hydrogen) atoms. The Morgan fingerprint density at radius 3 is 2.19 bits per heavy atom. The van der Waals surface area contributed by atoms with Crippen molar-refractivity contribution in [1.82, 2.24) is 15.1 Å².